The van der Waals surface area contributed by atoms with E-state index in [4.69, 9.17) is 9.47 Å². The molecule has 0 amide bonds. The number of halogens is 3. The molecule has 1 aliphatic heterocycles. The Labute approximate surface area is 115 Å². The number of nitrogens with zero attached hydrogens (tertiary/aromatic N) is 1. The molecule has 1 fully saturated rings. The van der Waals surface area contributed by atoms with Crippen LogP contribution in [-0.2, 0) is 15.7 Å². The maximum Gasteiger partial charge on any atom is 0.433 e. The summed E-state index contributed by atoms with van der Waals surface area (Å²) >= 11 is 0. The summed E-state index contributed by atoms with van der Waals surface area (Å²) in [5, 5.41) is 2.81. The molecule has 1 aromatic heterocycles. The van der Waals surface area contributed by atoms with Gasteiger partial charge in [-0.1, -0.05) is 6.07 Å². The Kier molecular flexibility index (Phi) is 5.19. The van der Waals surface area contributed by atoms with Crippen LogP contribution in [0.25, 0.3) is 0 Å². The van der Waals surface area contributed by atoms with Gasteiger partial charge in [0.15, 0.2) is 0 Å². The molecule has 0 radical (unpaired) electrons. The lowest BCUT2D eigenvalue weighted by Crippen LogP contribution is -2.18. The van der Waals surface area contributed by atoms with Gasteiger partial charge in [-0.25, -0.2) is 4.98 Å². The number of pyridine rings is 1. The van der Waals surface area contributed by atoms with Crippen molar-refractivity contribution in [2.75, 3.05) is 31.7 Å². The Bertz CT molecular complexity index is 420. The van der Waals surface area contributed by atoms with E-state index in [1.807, 2.05) is 0 Å². The van der Waals surface area contributed by atoms with Crippen molar-refractivity contribution in [2.24, 2.45) is 0 Å². The van der Waals surface area contributed by atoms with Crippen molar-refractivity contribution in [2.45, 2.75) is 25.1 Å². The molecule has 0 unspecified atom stereocenters. The molecule has 112 valence electrons. The number of anilines is 1. The van der Waals surface area contributed by atoms with E-state index < -0.39 is 11.9 Å². The fourth-order valence-electron chi connectivity index (χ4n) is 1.93. The van der Waals surface area contributed by atoms with Crippen LogP contribution in [0.3, 0.4) is 0 Å². The molecule has 1 N–H and O–H groups in total. The fraction of sp³-hybridized carbons (Fsp3) is 0.615. The first-order valence-electron chi connectivity index (χ1n) is 6.53. The summed E-state index contributed by atoms with van der Waals surface area (Å²) in [4.78, 5) is 3.50. The average molecular weight is 290 g/mol. The van der Waals surface area contributed by atoms with Crippen LogP contribution in [0.2, 0.25) is 0 Å². The van der Waals surface area contributed by atoms with Gasteiger partial charge >= 0.3 is 6.18 Å². The highest BCUT2D eigenvalue weighted by atomic mass is 19.4. The average Bonchev–Trinajstić information content (AvgIpc) is 2.91. The number of aromatic nitrogens is 1. The lowest BCUT2D eigenvalue weighted by molar-refractivity contribution is -0.141. The topological polar surface area (TPSA) is 43.4 Å². The Morgan fingerprint density at radius 3 is 2.95 bits per heavy atom. The second kappa shape index (κ2) is 6.90. The molecule has 1 atom stereocenters. The van der Waals surface area contributed by atoms with E-state index in [9.17, 15) is 13.2 Å². The van der Waals surface area contributed by atoms with Gasteiger partial charge in [-0.3, -0.25) is 0 Å². The standard InChI is InChI=1S/C13H17F3N2O2/c14-13(15,16)11-4-1-5-12(18-11)17-6-8-19-9-10-3-2-7-20-10/h1,4-5,10H,2-3,6-9H2,(H,17,18)/t10-/m0/s1. The van der Waals surface area contributed by atoms with E-state index in [0.29, 0.717) is 19.8 Å². The predicted molar refractivity (Wildman–Crippen MR) is 67.5 cm³/mol. The number of hydrogen-bond acceptors (Lipinski definition) is 4. The van der Waals surface area contributed by atoms with E-state index in [2.05, 4.69) is 10.3 Å². The first kappa shape index (κ1) is 15.1. The number of ether oxygens (including phenoxy) is 2. The maximum atomic E-state index is 12.5. The zero-order valence-electron chi connectivity index (χ0n) is 10.9. The van der Waals surface area contributed by atoms with Gasteiger partial charge < -0.3 is 14.8 Å². The molecule has 1 saturated heterocycles. The number of nitrogens with one attached hydrogen (secondary N) is 1. The van der Waals surface area contributed by atoms with Crippen LogP contribution in [0.4, 0.5) is 19.0 Å². The second-order valence-electron chi connectivity index (χ2n) is 4.54. The van der Waals surface area contributed by atoms with Gasteiger partial charge in [0.25, 0.3) is 0 Å². The molecule has 2 heterocycles. The molecule has 7 heteroatoms. The van der Waals surface area contributed by atoms with Crippen molar-refractivity contribution >= 4 is 5.82 Å². The summed E-state index contributed by atoms with van der Waals surface area (Å²) in [7, 11) is 0. The molecular formula is C13H17F3N2O2. The normalized spacial score (nSPS) is 19.2. The van der Waals surface area contributed by atoms with Crippen LogP contribution in [0.1, 0.15) is 18.5 Å². The summed E-state index contributed by atoms with van der Waals surface area (Å²) in [6.45, 7) is 2.11. The monoisotopic (exact) mass is 290 g/mol. The van der Waals surface area contributed by atoms with Crippen LogP contribution in [0, 0.1) is 0 Å². The minimum Gasteiger partial charge on any atom is -0.377 e. The predicted octanol–water partition coefficient (Wildman–Crippen LogP) is 2.71. The molecule has 2 rings (SSSR count). The molecule has 0 spiro atoms. The number of hydrogen-bond donors (Lipinski definition) is 1. The van der Waals surface area contributed by atoms with Crippen molar-refractivity contribution < 1.29 is 22.6 Å². The van der Waals surface area contributed by atoms with Gasteiger partial charge in [-0.05, 0) is 25.0 Å². The highest BCUT2D eigenvalue weighted by Crippen LogP contribution is 2.28. The Balaban J connectivity index is 1.68. The van der Waals surface area contributed by atoms with Crippen LogP contribution in [0.5, 0.6) is 0 Å². The van der Waals surface area contributed by atoms with Crippen LogP contribution in [-0.4, -0.2) is 37.5 Å². The summed E-state index contributed by atoms with van der Waals surface area (Å²) in [5.41, 5.74) is -0.900. The highest BCUT2D eigenvalue weighted by Gasteiger charge is 2.32. The number of alkyl halides is 3. The third-order valence-electron chi connectivity index (χ3n) is 2.92. The molecular weight excluding hydrogens is 273 g/mol. The molecule has 0 aliphatic carbocycles. The van der Waals surface area contributed by atoms with Crippen molar-refractivity contribution in [3.63, 3.8) is 0 Å². The molecule has 0 bridgehead atoms. The van der Waals surface area contributed by atoms with Gasteiger partial charge in [0.2, 0.25) is 0 Å². The van der Waals surface area contributed by atoms with E-state index in [0.717, 1.165) is 25.5 Å². The Morgan fingerprint density at radius 2 is 2.25 bits per heavy atom. The summed E-state index contributed by atoms with van der Waals surface area (Å²) < 4.78 is 48.2. The van der Waals surface area contributed by atoms with Crippen LogP contribution < -0.4 is 5.32 Å². The minimum atomic E-state index is -4.42. The van der Waals surface area contributed by atoms with Gasteiger partial charge in [0, 0.05) is 13.2 Å². The van der Waals surface area contributed by atoms with Crippen molar-refractivity contribution in [1.82, 2.24) is 4.98 Å². The van der Waals surface area contributed by atoms with Crippen LogP contribution >= 0.6 is 0 Å². The molecule has 1 aliphatic rings. The maximum absolute atomic E-state index is 12.5. The lowest BCUT2D eigenvalue weighted by atomic mass is 10.2. The molecule has 20 heavy (non-hydrogen) atoms. The van der Waals surface area contributed by atoms with E-state index in [-0.39, 0.29) is 11.9 Å². The molecule has 0 aromatic carbocycles. The molecule has 4 nitrogen and oxygen atoms in total. The molecule has 0 saturated carbocycles. The first-order valence-corrected chi connectivity index (χ1v) is 6.53. The summed E-state index contributed by atoms with van der Waals surface area (Å²) in [6, 6.07) is 3.76. The smallest absolute Gasteiger partial charge is 0.377 e. The first-order chi connectivity index (χ1) is 9.55. The highest BCUT2D eigenvalue weighted by molar-refractivity contribution is 5.35. The van der Waals surface area contributed by atoms with E-state index >= 15 is 0 Å². The fourth-order valence-corrected chi connectivity index (χ4v) is 1.93. The van der Waals surface area contributed by atoms with Gasteiger partial charge in [-0.2, -0.15) is 13.2 Å². The van der Waals surface area contributed by atoms with E-state index in [1.54, 1.807) is 0 Å². The minimum absolute atomic E-state index is 0.154. The van der Waals surface area contributed by atoms with Gasteiger partial charge in [0.05, 0.1) is 19.3 Å². The quantitative estimate of drug-likeness (QED) is 0.818. The second-order valence-corrected chi connectivity index (χ2v) is 4.54. The zero-order chi connectivity index (χ0) is 14.4. The molecule has 1 aromatic rings. The third-order valence-corrected chi connectivity index (χ3v) is 2.92. The van der Waals surface area contributed by atoms with E-state index in [1.165, 1.54) is 12.1 Å². The van der Waals surface area contributed by atoms with Crippen LogP contribution in [0.15, 0.2) is 18.2 Å². The Hall–Kier alpha value is -1.34. The van der Waals surface area contributed by atoms with Gasteiger partial charge in [-0.15, -0.1) is 0 Å². The zero-order valence-corrected chi connectivity index (χ0v) is 10.9. The number of rotatable bonds is 6. The summed E-state index contributed by atoms with van der Waals surface area (Å²) in [5.74, 6) is 0.195. The SMILES string of the molecule is FC(F)(F)c1cccc(NCCOC[C@@H]2CCCO2)n1. The Morgan fingerprint density at radius 1 is 1.40 bits per heavy atom. The van der Waals surface area contributed by atoms with Crippen molar-refractivity contribution in [1.29, 1.82) is 0 Å². The third kappa shape index (κ3) is 4.64. The van der Waals surface area contributed by atoms with Crippen molar-refractivity contribution in [3.8, 4) is 0 Å². The summed E-state index contributed by atoms with van der Waals surface area (Å²) in [6.07, 6.45) is -2.21. The van der Waals surface area contributed by atoms with Crippen molar-refractivity contribution in [3.05, 3.63) is 23.9 Å². The lowest BCUT2D eigenvalue weighted by Gasteiger charge is -2.11. The largest absolute Gasteiger partial charge is 0.433 e. The van der Waals surface area contributed by atoms with Gasteiger partial charge in [0.1, 0.15) is 11.5 Å².